The summed E-state index contributed by atoms with van der Waals surface area (Å²) in [5, 5.41) is 5.70. The molecule has 18 heavy (non-hydrogen) atoms. The second-order valence-electron chi connectivity index (χ2n) is 3.31. The Morgan fingerprint density at radius 3 is 2.94 bits per heavy atom. The Hall–Kier alpha value is -1.70. The van der Waals surface area contributed by atoms with Crippen LogP contribution < -0.4 is 16.6 Å². The van der Waals surface area contributed by atoms with E-state index in [-0.39, 0.29) is 5.91 Å². The third kappa shape index (κ3) is 2.95. The van der Waals surface area contributed by atoms with E-state index in [1.807, 2.05) is 5.38 Å². The third-order valence-electron chi connectivity index (χ3n) is 2.12. The zero-order valence-electron chi connectivity index (χ0n) is 9.18. The number of nitrogen functional groups attached to an aromatic ring is 1. The number of carbonyl (C=O) groups excluding carboxylic acids is 1. The number of hydrazine groups is 1. The van der Waals surface area contributed by atoms with Crippen LogP contribution in [0.2, 0.25) is 5.02 Å². The van der Waals surface area contributed by atoms with Crippen molar-refractivity contribution in [2.45, 2.75) is 6.54 Å². The first-order valence-corrected chi connectivity index (χ1v) is 6.25. The number of amides is 1. The Morgan fingerprint density at radius 1 is 1.50 bits per heavy atom. The molecule has 2 aromatic rings. The Morgan fingerprint density at radius 2 is 2.33 bits per heavy atom. The van der Waals surface area contributed by atoms with E-state index in [1.165, 1.54) is 23.6 Å². The van der Waals surface area contributed by atoms with Crippen molar-refractivity contribution in [3.05, 3.63) is 39.4 Å². The fourth-order valence-corrected chi connectivity index (χ4v) is 2.04. The number of anilines is 1. The van der Waals surface area contributed by atoms with Gasteiger partial charge in [-0.2, -0.15) is 0 Å². The highest BCUT2D eigenvalue weighted by atomic mass is 35.5. The summed E-state index contributed by atoms with van der Waals surface area (Å²) in [7, 11) is 0. The molecule has 1 amide bonds. The van der Waals surface area contributed by atoms with Gasteiger partial charge in [-0.15, -0.1) is 11.3 Å². The van der Waals surface area contributed by atoms with Crippen LogP contribution in [0.1, 0.15) is 15.4 Å². The number of hydrogen-bond donors (Lipinski definition) is 3. The molecule has 0 bridgehead atoms. The number of hydrogen-bond acceptors (Lipinski definition) is 6. The van der Waals surface area contributed by atoms with Crippen LogP contribution in [0.25, 0.3) is 0 Å². The molecular formula is C10H10ClN5OS. The van der Waals surface area contributed by atoms with E-state index in [9.17, 15) is 4.79 Å². The molecule has 8 heteroatoms. The lowest BCUT2D eigenvalue weighted by atomic mass is 10.2. The molecule has 94 valence electrons. The zero-order valence-corrected chi connectivity index (χ0v) is 10.8. The predicted molar refractivity (Wildman–Crippen MR) is 70.3 cm³/mol. The molecule has 2 heterocycles. The minimum atomic E-state index is -0.261. The zero-order chi connectivity index (χ0) is 13.0. The standard InChI is InChI=1S/C10H10ClN5OS/c11-7-3-6(4-14-9(7)16-12)10(17)15-5-8-13-1-2-18-8/h1-4H,5,12H2,(H,14,16)(H,15,17). The Labute approximate surface area is 112 Å². The first kappa shape index (κ1) is 12.7. The van der Waals surface area contributed by atoms with Crippen molar-refractivity contribution >= 4 is 34.7 Å². The molecule has 0 spiro atoms. The van der Waals surface area contributed by atoms with Gasteiger partial charge in [-0.1, -0.05) is 11.6 Å². The second-order valence-corrected chi connectivity index (χ2v) is 4.69. The molecule has 0 aliphatic rings. The number of pyridine rings is 1. The van der Waals surface area contributed by atoms with Gasteiger partial charge in [0.05, 0.1) is 17.1 Å². The first-order valence-electron chi connectivity index (χ1n) is 4.99. The van der Waals surface area contributed by atoms with Crippen molar-refractivity contribution in [1.29, 1.82) is 0 Å². The Kier molecular flexibility index (Phi) is 4.08. The van der Waals surface area contributed by atoms with Crippen molar-refractivity contribution in [2.75, 3.05) is 5.43 Å². The van der Waals surface area contributed by atoms with Gasteiger partial charge in [0.25, 0.3) is 5.91 Å². The van der Waals surface area contributed by atoms with Crippen molar-refractivity contribution in [2.24, 2.45) is 5.84 Å². The number of carbonyl (C=O) groups is 1. The lowest BCUT2D eigenvalue weighted by Crippen LogP contribution is -2.23. The minimum Gasteiger partial charge on any atom is -0.345 e. The van der Waals surface area contributed by atoms with Gasteiger partial charge in [-0.3, -0.25) is 4.79 Å². The van der Waals surface area contributed by atoms with E-state index >= 15 is 0 Å². The summed E-state index contributed by atoms with van der Waals surface area (Å²) in [6, 6.07) is 1.50. The molecule has 6 nitrogen and oxygen atoms in total. The number of nitrogens with one attached hydrogen (secondary N) is 2. The van der Waals surface area contributed by atoms with Crippen LogP contribution in [0.4, 0.5) is 5.82 Å². The van der Waals surface area contributed by atoms with Crippen molar-refractivity contribution in [1.82, 2.24) is 15.3 Å². The summed E-state index contributed by atoms with van der Waals surface area (Å²) >= 11 is 7.35. The molecule has 0 unspecified atom stereocenters. The second kappa shape index (κ2) is 5.76. The lowest BCUT2D eigenvalue weighted by molar-refractivity contribution is 0.0950. The van der Waals surface area contributed by atoms with Gasteiger partial charge in [-0.05, 0) is 6.07 Å². The van der Waals surface area contributed by atoms with Crippen LogP contribution in [-0.4, -0.2) is 15.9 Å². The molecular weight excluding hydrogens is 274 g/mol. The van der Waals surface area contributed by atoms with Gasteiger partial charge >= 0.3 is 0 Å². The molecule has 2 rings (SSSR count). The maximum Gasteiger partial charge on any atom is 0.253 e. The molecule has 0 fully saturated rings. The van der Waals surface area contributed by atoms with Crippen LogP contribution in [0.15, 0.2) is 23.8 Å². The van der Waals surface area contributed by atoms with E-state index in [0.29, 0.717) is 22.9 Å². The number of nitrogens with two attached hydrogens (primary N) is 1. The summed E-state index contributed by atoms with van der Waals surface area (Å²) in [4.78, 5) is 19.8. The van der Waals surface area contributed by atoms with Crippen LogP contribution in [0.5, 0.6) is 0 Å². The summed E-state index contributed by atoms with van der Waals surface area (Å²) in [5.41, 5.74) is 2.70. The molecule has 0 aliphatic carbocycles. The average Bonchev–Trinajstić information content (AvgIpc) is 2.89. The van der Waals surface area contributed by atoms with E-state index in [4.69, 9.17) is 17.4 Å². The summed E-state index contributed by atoms with van der Waals surface area (Å²) in [6.07, 6.45) is 3.09. The molecule has 0 saturated heterocycles. The fraction of sp³-hybridized carbons (Fsp3) is 0.100. The largest absolute Gasteiger partial charge is 0.345 e. The number of nitrogens with zero attached hydrogens (tertiary/aromatic N) is 2. The normalized spacial score (nSPS) is 10.1. The maximum absolute atomic E-state index is 11.8. The van der Waals surface area contributed by atoms with Crippen LogP contribution in [0, 0.1) is 0 Å². The molecule has 0 radical (unpaired) electrons. The monoisotopic (exact) mass is 283 g/mol. The van der Waals surface area contributed by atoms with Gasteiger partial charge in [0.15, 0.2) is 5.82 Å². The van der Waals surface area contributed by atoms with Gasteiger partial charge in [0.2, 0.25) is 0 Å². The van der Waals surface area contributed by atoms with Gasteiger partial charge < -0.3 is 10.7 Å². The molecule has 0 atom stereocenters. The Balaban J connectivity index is 2.02. The Bertz CT molecular complexity index is 545. The van der Waals surface area contributed by atoms with Crippen LogP contribution in [0.3, 0.4) is 0 Å². The molecule has 4 N–H and O–H groups in total. The highest BCUT2D eigenvalue weighted by Gasteiger charge is 2.09. The SMILES string of the molecule is NNc1ncc(C(=O)NCc2nccs2)cc1Cl. The van der Waals surface area contributed by atoms with E-state index in [1.54, 1.807) is 6.20 Å². The number of rotatable bonds is 4. The highest BCUT2D eigenvalue weighted by Crippen LogP contribution is 2.18. The number of thiazole rings is 1. The van der Waals surface area contributed by atoms with Crippen molar-refractivity contribution < 1.29 is 4.79 Å². The van der Waals surface area contributed by atoms with Crippen molar-refractivity contribution in [3.8, 4) is 0 Å². The smallest absolute Gasteiger partial charge is 0.253 e. The van der Waals surface area contributed by atoms with E-state index in [2.05, 4.69) is 20.7 Å². The third-order valence-corrected chi connectivity index (χ3v) is 3.19. The highest BCUT2D eigenvalue weighted by molar-refractivity contribution is 7.09. The predicted octanol–water partition coefficient (Wildman–Crippen LogP) is 1.41. The van der Waals surface area contributed by atoms with Gasteiger partial charge in [0.1, 0.15) is 5.01 Å². The number of halogens is 1. The van der Waals surface area contributed by atoms with Gasteiger partial charge in [-0.25, -0.2) is 15.8 Å². The lowest BCUT2D eigenvalue weighted by Gasteiger charge is -2.05. The quantitative estimate of drug-likeness (QED) is 0.583. The average molecular weight is 284 g/mol. The minimum absolute atomic E-state index is 0.261. The topological polar surface area (TPSA) is 92.9 Å². The maximum atomic E-state index is 11.8. The van der Waals surface area contributed by atoms with Gasteiger partial charge in [0, 0.05) is 17.8 Å². The van der Waals surface area contributed by atoms with E-state index in [0.717, 1.165) is 5.01 Å². The number of aromatic nitrogens is 2. The molecule has 0 aromatic carbocycles. The van der Waals surface area contributed by atoms with Crippen LogP contribution >= 0.6 is 22.9 Å². The molecule has 2 aromatic heterocycles. The summed E-state index contributed by atoms with van der Waals surface area (Å²) < 4.78 is 0. The fourth-order valence-electron chi connectivity index (χ4n) is 1.27. The summed E-state index contributed by atoms with van der Waals surface area (Å²) in [5.74, 6) is 5.26. The van der Waals surface area contributed by atoms with Crippen LogP contribution in [-0.2, 0) is 6.54 Å². The van der Waals surface area contributed by atoms with Crippen molar-refractivity contribution in [3.63, 3.8) is 0 Å². The molecule has 0 aliphatic heterocycles. The molecule has 0 saturated carbocycles. The van der Waals surface area contributed by atoms with E-state index < -0.39 is 0 Å². The summed E-state index contributed by atoms with van der Waals surface area (Å²) in [6.45, 7) is 0.380. The first-order chi connectivity index (χ1) is 8.70.